The largest absolute Gasteiger partial charge is 0.456 e. The van der Waals surface area contributed by atoms with Gasteiger partial charge >= 0.3 is 18.3 Å². The molecule has 11 heteroatoms. The lowest BCUT2D eigenvalue weighted by Gasteiger charge is -2.25. The molecular weight excluding hydrogens is 483 g/mol. The number of ether oxygens (including phenoxy) is 2. The van der Waals surface area contributed by atoms with E-state index in [-0.39, 0.29) is 30.7 Å². The maximum Gasteiger partial charge on any atom is 0.416 e. The molecule has 0 spiro atoms. The van der Waals surface area contributed by atoms with Crippen molar-refractivity contribution in [2.24, 2.45) is 0 Å². The summed E-state index contributed by atoms with van der Waals surface area (Å²) in [5.74, 6) is -1.36. The molecule has 0 bridgehead atoms. The fraction of sp³-hybridized carbons (Fsp3) is 0.375. The zero-order valence-electron chi connectivity index (χ0n) is 18.3. The van der Waals surface area contributed by atoms with Crippen LogP contribution in [-0.4, -0.2) is 36.7 Å². The average Bonchev–Trinajstić information content (AvgIpc) is 3.39. The Hall–Kier alpha value is -3.08. The molecule has 2 aliphatic heterocycles. The van der Waals surface area contributed by atoms with Gasteiger partial charge in [0.05, 0.1) is 29.0 Å². The second-order valence-corrected chi connectivity index (χ2v) is 8.46. The van der Waals surface area contributed by atoms with Crippen molar-refractivity contribution >= 4 is 5.97 Å². The molecule has 0 amide bonds. The molecule has 2 heterocycles. The predicted octanol–water partition coefficient (Wildman–Crippen LogP) is 5.85. The first-order valence-electron chi connectivity index (χ1n) is 10.6. The van der Waals surface area contributed by atoms with E-state index in [9.17, 15) is 35.5 Å². The lowest BCUT2D eigenvalue weighted by atomic mass is 9.95. The van der Waals surface area contributed by atoms with Gasteiger partial charge < -0.3 is 14.4 Å². The number of benzene rings is 2. The highest BCUT2D eigenvalue weighted by atomic mass is 19.4. The van der Waals surface area contributed by atoms with Gasteiger partial charge in [-0.1, -0.05) is 12.1 Å². The fourth-order valence-corrected chi connectivity index (χ4v) is 4.28. The highest BCUT2D eigenvalue weighted by Gasteiger charge is 2.40. The average molecular weight is 503 g/mol. The summed E-state index contributed by atoms with van der Waals surface area (Å²) in [5.41, 5.74) is -1.86. The highest BCUT2D eigenvalue weighted by molar-refractivity contribution is 5.85. The summed E-state index contributed by atoms with van der Waals surface area (Å²) in [6, 6.07) is 6.95. The van der Waals surface area contributed by atoms with Crippen LogP contribution in [0.4, 0.5) is 30.7 Å². The molecule has 0 saturated carbocycles. The molecule has 2 aromatic rings. The van der Waals surface area contributed by atoms with Gasteiger partial charge in [0.15, 0.2) is 0 Å². The first-order chi connectivity index (χ1) is 16.3. The summed E-state index contributed by atoms with van der Waals surface area (Å²) in [5, 5.41) is 0. The van der Waals surface area contributed by atoms with Gasteiger partial charge in [-0.25, -0.2) is 9.18 Å². The van der Waals surface area contributed by atoms with E-state index in [1.807, 2.05) is 4.90 Å². The molecular formula is C24H20F7NO3. The Balaban J connectivity index is 1.64. The Morgan fingerprint density at radius 1 is 0.971 bits per heavy atom. The Kier molecular flexibility index (Phi) is 6.56. The molecule has 188 valence electrons. The molecule has 4 rings (SSSR count). The molecule has 1 saturated heterocycles. The summed E-state index contributed by atoms with van der Waals surface area (Å²) in [4.78, 5) is 13.3. The molecule has 1 fully saturated rings. The Bertz CT molecular complexity index is 1090. The van der Waals surface area contributed by atoms with Gasteiger partial charge in [-0.15, -0.1) is 0 Å². The van der Waals surface area contributed by atoms with Crippen LogP contribution >= 0.6 is 0 Å². The first-order valence-corrected chi connectivity index (χ1v) is 10.6. The third-order valence-corrected chi connectivity index (χ3v) is 6.08. The first kappa shape index (κ1) is 25.0. The van der Waals surface area contributed by atoms with Gasteiger partial charge in [0.2, 0.25) is 0 Å². The van der Waals surface area contributed by atoms with Crippen LogP contribution in [0.1, 0.15) is 41.2 Å². The third kappa shape index (κ3) is 5.61. The molecule has 35 heavy (non-hydrogen) atoms. The monoisotopic (exact) mass is 503 g/mol. The van der Waals surface area contributed by atoms with Crippen LogP contribution in [0.15, 0.2) is 54.2 Å². The molecule has 0 aromatic heterocycles. The highest BCUT2D eigenvalue weighted by Crippen LogP contribution is 2.40. The van der Waals surface area contributed by atoms with Gasteiger partial charge in [-0.3, -0.25) is 0 Å². The molecule has 0 N–H and O–H groups in total. The van der Waals surface area contributed by atoms with Crippen molar-refractivity contribution < 1.29 is 45.0 Å². The van der Waals surface area contributed by atoms with Crippen LogP contribution in [0.3, 0.4) is 0 Å². The van der Waals surface area contributed by atoms with Gasteiger partial charge in [0, 0.05) is 25.1 Å². The number of hydrogen-bond acceptors (Lipinski definition) is 4. The summed E-state index contributed by atoms with van der Waals surface area (Å²) in [7, 11) is 0. The van der Waals surface area contributed by atoms with Crippen LogP contribution in [0, 0.1) is 5.82 Å². The van der Waals surface area contributed by atoms with Crippen molar-refractivity contribution in [3.63, 3.8) is 0 Å². The van der Waals surface area contributed by atoms with E-state index >= 15 is 0 Å². The van der Waals surface area contributed by atoms with Crippen LogP contribution in [0.2, 0.25) is 0 Å². The van der Waals surface area contributed by atoms with Gasteiger partial charge in [-0.05, 0) is 48.4 Å². The van der Waals surface area contributed by atoms with Crippen molar-refractivity contribution in [3.8, 4) is 0 Å². The second kappa shape index (κ2) is 9.18. The topological polar surface area (TPSA) is 38.8 Å². The Labute approximate surface area is 195 Å². The maximum atomic E-state index is 13.4. The minimum Gasteiger partial charge on any atom is -0.456 e. The molecule has 3 atom stereocenters. The third-order valence-electron chi connectivity index (χ3n) is 6.08. The maximum absolute atomic E-state index is 13.4. The standard InChI is InChI=1S/C24H20F7NO3/c1-13(15-6-16(23(26,27)28)8-17(7-15)24(29,30)31)35-21-11-32(19-9-22(33)34-12-19)10-20(21)14-2-4-18(25)5-3-14/h2-9,13,20-21H,10-12H2,1H3/t13-,20+,21-/m1/s1. The van der Waals surface area contributed by atoms with Gasteiger partial charge in [-0.2, -0.15) is 26.3 Å². The van der Waals surface area contributed by atoms with E-state index in [4.69, 9.17) is 9.47 Å². The number of halogens is 7. The van der Waals surface area contributed by atoms with Crippen molar-refractivity contribution in [2.75, 3.05) is 19.7 Å². The SMILES string of the molecule is C[C@@H](O[C@@H]1CN(C2=CC(=O)OC2)C[C@H]1c1ccc(F)cc1)c1cc(C(F)(F)F)cc(C(F)(F)F)c1. The zero-order valence-corrected chi connectivity index (χ0v) is 18.3. The summed E-state index contributed by atoms with van der Waals surface area (Å²) >= 11 is 0. The van der Waals surface area contributed by atoms with E-state index in [0.717, 1.165) is 0 Å². The number of carbonyl (C=O) groups excluding carboxylic acids is 1. The summed E-state index contributed by atoms with van der Waals surface area (Å²) in [6.07, 6.45) is -10.4. The minimum absolute atomic E-state index is 0.0415. The summed E-state index contributed by atoms with van der Waals surface area (Å²) in [6.45, 7) is 1.96. The minimum atomic E-state index is -4.97. The Morgan fingerprint density at radius 3 is 2.09 bits per heavy atom. The Morgan fingerprint density at radius 2 is 1.57 bits per heavy atom. The van der Waals surface area contributed by atoms with Gasteiger partial charge in [0.1, 0.15) is 12.4 Å². The number of alkyl halides is 6. The van der Waals surface area contributed by atoms with Crippen LogP contribution in [-0.2, 0) is 26.6 Å². The fourth-order valence-electron chi connectivity index (χ4n) is 4.28. The zero-order chi connectivity index (χ0) is 25.5. The smallest absolute Gasteiger partial charge is 0.416 e. The number of likely N-dealkylation sites (tertiary alicyclic amines) is 1. The van der Waals surface area contributed by atoms with E-state index in [1.165, 1.54) is 25.1 Å². The van der Waals surface area contributed by atoms with Crippen LogP contribution in [0.25, 0.3) is 0 Å². The van der Waals surface area contributed by atoms with Crippen molar-refractivity contribution in [2.45, 2.75) is 37.4 Å². The molecule has 0 unspecified atom stereocenters. The van der Waals surface area contributed by atoms with Crippen molar-refractivity contribution in [3.05, 3.63) is 82.3 Å². The quantitative estimate of drug-likeness (QED) is 0.379. The number of esters is 1. The van der Waals surface area contributed by atoms with Crippen molar-refractivity contribution in [1.29, 1.82) is 0 Å². The van der Waals surface area contributed by atoms with Crippen LogP contribution in [0.5, 0.6) is 0 Å². The predicted molar refractivity (Wildman–Crippen MR) is 109 cm³/mol. The number of cyclic esters (lactones) is 1. The number of carbonyl (C=O) groups is 1. The molecule has 2 aliphatic rings. The van der Waals surface area contributed by atoms with Crippen molar-refractivity contribution in [1.82, 2.24) is 4.90 Å². The van der Waals surface area contributed by atoms with E-state index in [1.54, 1.807) is 12.1 Å². The molecule has 2 aromatic carbocycles. The lowest BCUT2D eigenvalue weighted by molar-refractivity contribution is -0.143. The number of nitrogens with zero attached hydrogens (tertiary/aromatic N) is 1. The van der Waals surface area contributed by atoms with E-state index < -0.39 is 47.5 Å². The number of rotatable bonds is 5. The van der Waals surface area contributed by atoms with Gasteiger partial charge in [0.25, 0.3) is 0 Å². The van der Waals surface area contributed by atoms with E-state index in [0.29, 0.717) is 29.9 Å². The normalized spacial score (nSPS) is 21.8. The second-order valence-electron chi connectivity index (χ2n) is 8.46. The number of hydrogen-bond donors (Lipinski definition) is 0. The van der Waals surface area contributed by atoms with Crippen LogP contribution < -0.4 is 0 Å². The molecule has 0 radical (unpaired) electrons. The molecule has 4 nitrogen and oxygen atoms in total. The summed E-state index contributed by atoms with van der Waals surface area (Å²) < 4.78 is 104. The van der Waals surface area contributed by atoms with E-state index in [2.05, 4.69) is 0 Å². The lowest BCUT2D eigenvalue weighted by Crippen LogP contribution is -2.25. The molecule has 0 aliphatic carbocycles.